The average molecular weight is 1280 g/mol. The van der Waals surface area contributed by atoms with E-state index in [9.17, 15) is 0 Å². The smallest absolute Gasteiger partial charge is 0.0685 e. The molecule has 91 heavy (non-hydrogen) atoms. The maximum atomic E-state index is 6.27. The highest BCUT2D eigenvalue weighted by atomic mass is 16.5. The summed E-state index contributed by atoms with van der Waals surface area (Å²) in [4.78, 5) is 0. The second-order valence-electron chi connectivity index (χ2n) is 41.0. The summed E-state index contributed by atoms with van der Waals surface area (Å²) in [5.41, 5.74) is 8.88. The first-order chi connectivity index (χ1) is 41.4. The van der Waals surface area contributed by atoms with Gasteiger partial charge in [0.2, 0.25) is 0 Å². The molecule has 11 aliphatic carbocycles. The van der Waals surface area contributed by atoms with E-state index < -0.39 is 0 Å². The van der Waals surface area contributed by atoms with Crippen LogP contribution < -0.4 is 5.73 Å². The highest BCUT2D eigenvalue weighted by molar-refractivity contribution is 5.12. The second kappa shape index (κ2) is 33.7. The van der Waals surface area contributed by atoms with Crippen LogP contribution >= 0.6 is 0 Å². The Labute approximate surface area is 570 Å². The van der Waals surface area contributed by atoms with Crippen LogP contribution in [0.25, 0.3) is 0 Å². The summed E-state index contributed by atoms with van der Waals surface area (Å²) in [6.07, 6.45) is 35.5. The lowest BCUT2D eigenvalue weighted by Gasteiger charge is -2.62. The maximum Gasteiger partial charge on any atom is 0.0685 e. The topological polar surface area (TPSA) is 72.2 Å². The lowest BCUT2D eigenvalue weighted by molar-refractivity contribution is -0.119. The monoisotopic (exact) mass is 1280 g/mol. The molecular formula is C85H165NO5. The van der Waals surface area contributed by atoms with Crippen LogP contribution in [0.3, 0.4) is 0 Å². The first-order valence-corrected chi connectivity index (χ1v) is 39.5. The lowest BCUT2D eigenvalue weighted by Crippen LogP contribution is -2.51. The first kappa shape index (κ1) is 83.2. The largest absolute Gasteiger partial charge is 0.375 e. The summed E-state index contributed by atoms with van der Waals surface area (Å²) >= 11 is 0. The fraction of sp³-hybridized carbons (Fsp3) is 1.00. The van der Waals surface area contributed by atoms with Crippen molar-refractivity contribution in [1.82, 2.24) is 0 Å². The minimum absolute atomic E-state index is 0.00817. The Bertz CT molecular complexity index is 2000. The highest BCUT2D eigenvalue weighted by Gasteiger charge is 2.63. The van der Waals surface area contributed by atoms with E-state index in [0.717, 1.165) is 70.5 Å². The van der Waals surface area contributed by atoms with Crippen LogP contribution in [0.15, 0.2) is 0 Å². The first-order valence-electron chi connectivity index (χ1n) is 39.5. The van der Waals surface area contributed by atoms with Gasteiger partial charge in [-0.05, 0) is 315 Å². The fourth-order valence-corrected chi connectivity index (χ4v) is 20.4. The highest BCUT2D eigenvalue weighted by Crippen LogP contribution is 2.68. The van der Waals surface area contributed by atoms with Gasteiger partial charge in [-0.15, -0.1) is 0 Å². The molecule has 6 nitrogen and oxygen atoms in total. The van der Waals surface area contributed by atoms with Gasteiger partial charge in [0.15, 0.2) is 0 Å². The molecule has 4 unspecified atom stereocenters. The number of fused-ring (bicyclic) bond motifs is 4. The molecule has 11 rings (SSSR count). The van der Waals surface area contributed by atoms with Gasteiger partial charge in [0, 0.05) is 6.04 Å². The van der Waals surface area contributed by atoms with Crippen molar-refractivity contribution in [3.8, 4) is 0 Å². The Kier molecular flexibility index (Phi) is 30.8. The third kappa shape index (κ3) is 24.3. The van der Waals surface area contributed by atoms with Crippen molar-refractivity contribution in [3.63, 3.8) is 0 Å². The van der Waals surface area contributed by atoms with E-state index >= 15 is 0 Å². The molecule has 11 saturated carbocycles. The predicted octanol–water partition coefficient (Wildman–Crippen LogP) is 24.8. The molecule has 0 aromatic heterocycles. The molecule has 11 aliphatic rings. The summed E-state index contributed by atoms with van der Waals surface area (Å²) in [5.74, 6) is 11.1. The van der Waals surface area contributed by atoms with E-state index in [0.29, 0.717) is 87.7 Å². The molecule has 0 saturated heterocycles. The van der Waals surface area contributed by atoms with E-state index in [1.807, 2.05) is 0 Å². The fourth-order valence-electron chi connectivity index (χ4n) is 20.4. The Hall–Kier alpha value is -0.240. The minimum Gasteiger partial charge on any atom is -0.375 e. The van der Waals surface area contributed by atoms with Crippen molar-refractivity contribution in [2.45, 2.75) is 435 Å². The Morgan fingerprint density at radius 2 is 0.857 bits per heavy atom. The zero-order valence-corrected chi connectivity index (χ0v) is 67.5. The minimum atomic E-state index is 0.00817. The van der Waals surface area contributed by atoms with Crippen LogP contribution in [0, 0.1) is 109 Å². The van der Waals surface area contributed by atoms with Crippen LogP contribution in [-0.4, -0.2) is 65.6 Å². The standard InChI is InChI=1S/C14H26O.C14H28O.C14H24.C13H24O.C13H26O.C10H20O.C7H17N/c1-12(2,3)15-11-9-10-7-8-14(11,6)13(10,4)5;1-10(2)12-8-7-11(3)9-13(12)15-14(4,5)6;1-13(2,3)14-7-10-4-11(8-14)6-12(5-10)9-14;1-9(2)14-11-12(3,4)10-6-7-13(11,5)8-10;1-9(2)12-7-6-11(5)8-13(12)14-10(3)4;1-10(2,3)11-9-7-5-4-6-8-9;1-5(2)7(8)6(3)4/h10-11H,7-9H2,1-6H3;10-13H,7-9H2,1-6H3;10-12H,4-9H2,1-3H3;9-11H,6-8H2,1-5H3;9-13H,6-8H2,1-5H3;9H,4-8H2,1-3H3;5-7H,8H2,1-4H3/t;11-,12+,13-;;10-,11?,13+;11-,12+,13-;;/m.1.00../s1. The summed E-state index contributed by atoms with van der Waals surface area (Å²) in [7, 11) is 0. The molecule has 2 N–H and O–H groups in total. The van der Waals surface area contributed by atoms with Gasteiger partial charge >= 0.3 is 0 Å². The molecule has 8 bridgehead atoms. The summed E-state index contributed by atoms with van der Waals surface area (Å²) in [5, 5.41) is 0. The van der Waals surface area contributed by atoms with E-state index in [2.05, 4.69) is 222 Å². The van der Waals surface area contributed by atoms with Crippen LogP contribution in [0.1, 0.15) is 369 Å². The Balaban J connectivity index is 0.000000228. The number of hydrogen-bond acceptors (Lipinski definition) is 6. The quantitative estimate of drug-likeness (QED) is 0.222. The number of hydrogen-bond donors (Lipinski definition) is 1. The average Bonchev–Trinajstić information content (AvgIpc) is 1.66. The molecule has 0 aromatic rings. The van der Waals surface area contributed by atoms with E-state index in [1.165, 1.54) is 109 Å². The maximum absolute atomic E-state index is 6.27. The SMILES string of the molecule is CC(C)(C)C12CC3CC(CC(C3)C1)C2.CC(C)(C)OC1CC2CCC1(C)C2(C)C.CC(C)(C)OC1CCCCC1.CC(C)C(N)C(C)C.CC(C)OC1C(C)(C)[C@H]2CC[C@]1(C)C2.CC(C)O[C@H]1C[C@@H](C)CC[C@@H]1C(C)C.CC(C)[C@@H]1CC[C@@H](C)C[C@H]1OC(C)(C)C. The van der Waals surface area contributed by atoms with Crippen molar-refractivity contribution in [3.05, 3.63) is 0 Å². The molecule has 6 heteroatoms. The molecule has 0 aliphatic heterocycles. The lowest BCUT2D eigenvalue weighted by atomic mass is 9.43. The molecule has 0 aromatic carbocycles. The van der Waals surface area contributed by atoms with Gasteiger partial charge in [-0.1, -0.05) is 164 Å². The summed E-state index contributed by atoms with van der Waals surface area (Å²) in [6, 6.07) is 0.370. The number of nitrogens with two attached hydrogens (primary N) is 1. The molecule has 11 fully saturated rings. The van der Waals surface area contributed by atoms with Crippen molar-refractivity contribution >= 4 is 0 Å². The second-order valence-corrected chi connectivity index (χ2v) is 41.0. The van der Waals surface area contributed by atoms with E-state index in [-0.39, 0.29) is 16.8 Å². The van der Waals surface area contributed by atoms with Crippen LogP contribution in [-0.2, 0) is 23.7 Å². The predicted molar refractivity (Wildman–Crippen MR) is 396 cm³/mol. The third-order valence-electron chi connectivity index (χ3n) is 25.9. The summed E-state index contributed by atoms with van der Waals surface area (Å²) in [6.45, 7) is 72.7. The van der Waals surface area contributed by atoms with Crippen molar-refractivity contribution in [2.24, 2.45) is 115 Å². The van der Waals surface area contributed by atoms with Crippen molar-refractivity contribution in [1.29, 1.82) is 0 Å². The van der Waals surface area contributed by atoms with Gasteiger partial charge < -0.3 is 29.4 Å². The Morgan fingerprint density at radius 3 is 1.20 bits per heavy atom. The molecular weight excluding hydrogens is 1110 g/mol. The van der Waals surface area contributed by atoms with Gasteiger partial charge in [0.25, 0.3) is 0 Å². The molecule has 0 spiro atoms. The van der Waals surface area contributed by atoms with Crippen molar-refractivity contribution in [2.75, 3.05) is 0 Å². The van der Waals surface area contributed by atoms with Crippen LogP contribution in [0.4, 0.5) is 0 Å². The normalized spacial score (nSPS) is 36.5. The molecule has 0 amide bonds. The zero-order valence-electron chi connectivity index (χ0n) is 67.5. The number of rotatable bonds is 11. The Morgan fingerprint density at radius 1 is 0.429 bits per heavy atom. The van der Waals surface area contributed by atoms with Crippen LogP contribution in [0.5, 0.6) is 0 Å². The van der Waals surface area contributed by atoms with Gasteiger partial charge in [-0.3, -0.25) is 0 Å². The van der Waals surface area contributed by atoms with Crippen molar-refractivity contribution < 1.29 is 23.7 Å². The summed E-state index contributed by atoms with van der Waals surface area (Å²) < 4.78 is 30.6. The van der Waals surface area contributed by atoms with Gasteiger partial charge in [0.05, 0.1) is 59.5 Å². The van der Waals surface area contributed by atoms with Gasteiger partial charge in [-0.25, -0.2) is 0 Å². The van der Waals surface area contributed by atoms with E-state index in [1.54, 1.807) is 38.5 Å². The van der Waals surface area contributed by atoms with Gasteiger partial charge in [-0.2, -0.15) is 0 Å². The molecule has 0 radical (unpaired) electrons. The molecule has 540 valence electrons. The van der Waals surface area contributed by atoms with Gasteiger partial charge in [0.1, 0.15) is 0 Å². The third-order valence-corrected chi connectivity index (χ3v) is 25.9. The number of ether oxygens (including phenoxy) is 5. The molecule has 12 atom stereocenters. The van der Waals surface area contributed by atoms with Crippen LogP contribution in [0.2, 0.25) is 0 Å². The zero-order chi connectivity index (χ0) is 69.4. The van der Waals surface area contributed by atoms with E-state index in [4.69, 9.17) is 29.4 Å². The molecule has 0 heterocycles.